The van der Waals surface area contributed by atoms with Gasteiger partial charge in [-0.1, -0.05) is 73.5 Å². The summed E-state index contributed by atoms with van der Waals surface area (Å²) in [7, 11) is 0. The lowest BCUT2D eigenvalue weighted by molar-refractivity contribution is -0.161. The summed E-state index contributed by atoms with van der Waals surface area (Å²) >= 11 is 0. The second-order valence-corrected chi connectivity index (χ2v) is 12.8. The molecule has 1 atom stereocenters. The molecule has 1 aromatic heterocycles. The molecule has 1 saturated heterocycles. The molecule has 4 amide bonds. The maximum absolute atomic E-state index is 15.5. The zero-order valence-electron chi connectivity index (χ0n) is 29.6. The van der Waals surface area contributed by atoms with E-state index in [1.54, 1.807) is 48.5 Å². The largest absolute Gasteiger partial charge is 0.444 e. The maximum atomic E-state index is 15.5. The Bertz CT molecular complexity index is 2040. The van der Waals surface area contributed by atoms with E-state index in [1.165, 1.54) is 29.2 Å². The smallest absolute Gasteiger partial charge is 0.412 e. The van der Waals surface area contributed by atoms with Crippen molar-refractivity contribution in [3.8, 4) is 11.4 Å². The van der Waals surface area contributed by atoms with E-state index in [0.717, 1.165) is 48.6 Å². The first-order valence-corrected chi connectivity index (χ1v) is 17.6. The number of ketones is 1. The van der Waals surface area contributed by atoms with E-state index < -0.39 is 78.1 Å². The molecule has 0 saturated carbocycles. The third-order valence-electron chi connectivity index (χ3n) is 8.79. The summed E-state index contributed by atoms with van der Waals surface area (Å²) in [6.45, 7) is -0.932. The van der Waals surface area contributed by atoms with Gasteiger partial charge in [0.05, 0.1) is 18.8 Å². The van der Waals surface area contributed by atoms with Crippen molar-refractivity contribution < 1.29 is 41.9 Å². The minimum absolute atomic E-state index is 0.126. The molecule has 0 radical (unpaired) electrons. The van der Waals surface area contributed by atoms with Gasteiger partial charge in [-0.15, -0.1) is 0 Å². The molecule has 3 aromatic carbocycles. The molecule has 0 spiro atoms. The molecule has 1 aliphatic heterocycles. The van der Waals surface area contributed by atoms with Crippen molar-refractivity contribution in [2.75, 3.05) is 25.0 Å². The maximum Gasteiger partial charge on any atom is 0.412 e. The van der Waals surface area contributed by atoms with E-state index in [2.05, 4.69) is 15.6 Å². The van der Waals surface area contributed by atoms with E-state index in [9.17, 15) is 33.2 Å². The average Bonchev–Trinajstić information content (AvgIpc) is 3.48. The number of nitrogens with zero attached hydrogens (tertiary/aromatic N) is 3. The predicted molar refractivity (Wildman–Crippen MR) is 194 cm³/mol. The molecule has 1 fully saturated rings. The van der Waals surface area contributed by atoms with E-state index >= 15 is 8.78 Å². The van der Waals surface area contributed by atoms with Crippen LogP contribution in [0.4, 0.5) is 23.7 Å². The summed E-state index contributed by atoms with van der Waals surface area (Å²) in [6.07, 6.45) is 2.85. The Morgan fingerprint density at radius 1 is 0.836 bits per heavy atom. The molecule has 3 N–H and O–H groups in total. The van der Waals surface area contributed by atoms with Crippen LogP contribution in [0, 0.1) is 5.82 Å². The summed E-state index contributed by atoms with van der Waals surface area (Å²) in [5, 5.41) is 6.38. The van der Waals surface area contributed by atoms with Crippen LogP contribution in [-0.2, 0) is 43.5 Å². The minimum atomic E-state index is -4.67. The molecule has 13 nitrogen and oxygen atoms in total. The average molecular weight is 761 g/mol. The van der Waals surface area contributed by atoms with E-state index in [0.29, 0.717) is 24.2 Å². The normalized spacial score (nSPS) is 13.5. The van der Waals surface area contributed by atoms with Crippen molar-refractivity contribution in [2.24, 2.45) is 0 Å². The highest BCUT2D eigenvalue weighted by Gasteiger charge is 2.50. The lowest BCUT2D eigenvalue weighted by Crippen LogP contribution is -2.56. The van der Waals surface area contributed by atoms with Crippen molar-refractivity contribution in [3.05, 3.63) is 118 Å². The first-order valence-electron chi connectivity index (χ1n) is 17.6. The third-order valence-corrected chi connectivity index (χ3v) is 8.79. The van der Waals surface area contributed by atoms with E-state index in [-0.39, 0.29) is 18.0 Å². The van der Waals surface area contributed by atoms with Crippen LogP contribution in [0.15, 0.2) is 95.9 Å². The van der Waals surface area contributed by atoms with Crippen molar-refractivity contribution in [1.82, 2.24) is 25.1 Å². The van der Waals surface area contributed by atoms with Crippen LogP contribution >= 0.6 is 0 Å². The minimum Gasteiger partial charge on any atom is -0.444 e. The molecule has 4 aromatic rings. The highest BCUT2D eigenvalue weighted by Crippen LogP contribution is 2.21. The molecule has 5 rings (SSSR count). The molecule has 55 heavy (non-hydrogen) atoms. The Hall–Kier alpha value is -6.32. The van der Waals surface area contributed by atoms with Crippen LogP contribution in [0.1, 0.15) is 36.8 Å². The number of ether oxygens (including phenoxy) is 1. The number of anilines is 1. The first-order chi connectivity index (χ1) is 26.4. The highest BCUT2D eigenvalue weighted by molar-refractivity contribution is 6.11. The van der Waals surface area contributed by atoms with Gasteiger partial charge in [0.25, 0.3) is 11.5 Å². The van der Waals surface area contributed by atoms with Gasteiger partial charge >= 0.3 is 12.0 Å². The predicted octanol–water partition coefficient (Wildman–Crippen LogP) is 4.25. The van der Waals surface area contributed by atoms with Gasteiger partial charge in [0.2, 0.25) is 17.6 Å². The van der Waals surface area contributed by atoms with Crippen molar-refractivity contribution >= 4 is 35.3 Å². The Morgan fingerprint density at radius 3 is 2.09 bits per heavy atom. The van der Waals surface area contributed by atoms with Crippen molar-refractivity contribution in [2.45, 2.75) is 57.2 Å². The second kappa shape index (κ2) is 18.6. The number of nitrogens with one attached hydrogen (secondary N) is 3. The number of hydrogen-bond donors (Lipinski definition) is 3. The summed E-state index contributed by atoms with van der Waals surface area (Å²) in [6, 6.07) is 19.3. The molecular weight excluding hydrogens is 721 g/mol. The number of carbonyl (C=O) groups is 5. The van der Waals surface area contributed by atoms with Gasteiger partial charge in [0.15, 0.2) is 0 Å². The SMILES string of the molecule is O=C(Cn1c(-c2ccc(F)cc2)ncc(NC(=O)OCc2ccccc2)c1=O)NC(Cc1ccccc1)C(=O)C(F)(F)C(=O)NCC(=O)N1CCCCCC1. The molecule has 1 aliphatic rings. The zero-order valence-corrected chi connectivity index (χ0v) is 29.6. The van der Waals surface area contributed by atoms with Crippen LogP contribution < -0.4 is 21.5 Å². The first kappa shape index (κ1) is 39.9. The molecule has 288 valence electrons. The molecule has 0 aliphatic carbocycles. The number of amides is 4. The molecule has 1 unspecified atom stereocenters. The van der Waals surface area contributed by atoms with Gasteiger partial charge in [-0.05, 0) is 48.2 Å². The van der Waals surface area contributed by atoms with Crippen LogP contribution in [0.25, 0.3) is 11.4 Å². The van der Waals surface area contributed by atoms with Crippen LogP contribution in [0.2, 0.25) is 0 Å². The molecule has 2 heterocycles. The quantitative estimate of drug-likeness (QED) is 0.160. The Morgan fingerprint density at radius 2 is 1.45 bits per heavy atom. The van der Waals surface area contributed by atoms with Crippen molar-refractivity contribution in [1.29, 1.82) is 0 Å². The number of likely N-dealkylation sites (tertiary alicyclic amines) is 1. The topological polar surface area (TPSA) is 169 Å². The number of alkyl halides is 2. The number of aromatic nitrogens is 2. The Labute approximate surface area is 313 Å². The highest BCUT2D eigenvalue weighted by atomic mass is 19.3. The molecule has 0 bridgehead atoms. The third kappa shape index (κ3) is 10.9. The summed E-state index contributed by atoms with van der Waals surface area (Å²) in [5.74, 6) is -11.1. The van der Waals surface area contributed by atoms with Gasteiger partial charge in [-0.2, -0.15) is 8.78 Å². The standard InChI is InChI=1S/C39H39F3N6O7/c40-29-17-15-28(16-18-29)35-43-22-31(46-38(54)55-25-27-13-7-4-8-14-27)36(52)48(35)24-32(49)45-30(21-26-11-5-3-6-12-26)34(51)39(41,42)37(53)44-23-33(50)47-19-9-1-2-10-20-47/h3-8,11-18,22,30H,1-2,9-10,19-21,23-25H2,(H,44,53)(H,45,49)(H,46,54). The fourth-order valence-corrected chi connectivity index (χ4v) is 5.90. The van der Waals surface area contributed by atoms with Crippen LogP contribution in [-0.4, -0.2) is 75.6 Å². The summed E-state index contributed by atoms with van der Waals surface area (Å²) in [5.41, 5.74) is -0.169. The van der Waals surface area contributed by atoms with Crippen LogP contribution in [0.5, 0.6) is 0 Å². The number of rotatable bonds is 14. The molecular formula is C39H39F3N6O7. The number of Topliss-reactive ketones (excluding diaryl/α,β-unsaturated/α-hetero) is 1. The van der Waals surface area contributed by atoms with Crippen LogP contribution in [0.3, 0.4) is 0 Å². The number of hydrogen-bond acceptors (Lipinski definition) is 8. The zero-order chi connectivity index (χ0) is 39.4. The number of halogens is 3. The van der Waals surface area contributed by atoms with Gasteiger partial charge in [0, 0.05) is 25.1 Å². The van der Waals surface area contributed by atoms with E-state index in [1.807, 2.05) is 5.32 Å². The summed E-state index contributed by atoms with van der Waals surface area (Å²) < 4.78 is 50.8. The number of benzene rings is 3. The fraction of sp³-hybridized carbons (Fsp3) is 0.308. The lowest BCUT2D eigenvalue weighted by Gasteiger charge is -2.24. The summed E-state index contributed by atoms with van der Waals surface area (Å²) in [4.78, 5) is 84.4. The lowest BCUT2D eigenvalue weighted by atomic mass is 9.98. The van der Waals surface area contributed by atoms with Crippen molar-refractivity contribution in [3.63, 3.8) is 0 Å². The number of carbonyl (C=O) groups excluding carboxylic acids is 5. The van der Waals surface area contributed by atoms with Gasteiger partial charge in [-0.25, -0.2) is 14.2 Å². The Balaban J connectivity index is 1.36. The fourth-order valence-electron chi connectivity index (χ4n) is 5.90. The van der Waals surface area contributed by atoms with Gasteiger partial charge < -0.3 is 20.3 Å². The van der Waals surface area contributed by atoms with Gasteiger partial charge in [0.1, 0.15) is 30.5 Å². The second-order valence-electron chi connectivity index (χ2n) is 12.8. The Kier molecular flexibility index (Phi) is 13.5. The van der Waals surface area contributed by atoms with Gasteiger partial charge in [-0.3, -0.25) is 33.9 Å². The molecule has 16 heteroatoms. The monoisotopic (exact) mass is 760 g/mol. The van der Waals surface area contributed by atoms with E-state index in [4.69, 9.17) is 4.74 Å².